The van der Waals surface area contributed by atoms with E-state index in [0.717, 1.165) is 18.7 Å². The van der Waals surface area contributed by atoms with Crippen molar-refractivity contribution in [2.24, 2.45) is 0 Å². The molecule has 1 aromatic rings. The average molecular weight is 235 g/mol. The maximum atomic E-state index is 11.9. The van der Waals surface area contributed by atoms with E-state index in [1.165, 1.54) is 0 Å². The Morgan fingerprint density at radius 3 is 2.76 bits per heavy atom. The van der Waals surface area contributed by atoms with Gasteiger partial charge in [-0.05, 0) is 32.5 Å². The van der Waals surface area contributed by atoms with Crippen molar-refractivity contribution in [3.63, 3.8) is 0 Å². The monoisotopic (exact) mass is 235 g/mol. The maximum Gasteiger partial charge on any atom is 0.239 e. The molecule has 0 aliphatic carbocycles. The summed E-state index contributed by atoms with van der Waals surface area (Å²) in [6.07, 6.45) is 2.52. The van der Waals surface area contributed by atoms with E-state index in [4.69, 9.17) is 0 Å². The van der Waals surface area contributed by atoms with E-state index in [9.17, 15) is 4.79 Å². The fraction of sp³-hybridized carbons (Fsp3) is 0.538. The van der Waals surface area contributed by atoms with Crippen LogP contribution in [0.4, 0.5) is 0 Å². The van der Waals surface area contributed by atoms with E-state index in [1.54, 1.807) is 6.20 Å². The van der Waals surface area contributed by atoms with Crippen LogP contribution in [0.5, 0.6) is 0 Å². The van der Waals surface area contributed by atoms with E-state index in [1.807, 2.05) is 39.0 Å². The summed E-state index contributed by atoms with van der Waals surface area (Å²) >= 11 is 0. The summed E-state index contributed by atoms with van der Waals surface area (Å²) in [5, 5.41) is 6.06. The van der Waals surface area contributed by atoms with Gasteiger partial charge < -0.3 is 10.6 Å². The second-order valence-electron chi connectivity index (χ2n) is 4.48. The van der Waals surface area contributed by atoms with Crippen LogP contribution in [0.15, 0.2) is 24.4 Å². The molecule has 0 aliphatic rings. The van der Waals surface area contributed by atoms with Gasteiger partial charge in [0.2, 0.25) is 5.91 Å². The van der Waals surface area contributed by atoms with Crippen LogP contribution in [-0.2, 0) is 11.2 Å². The number of amides is 1. The van der Waals surface area contributed by atoms with Gasteiger partial charge in [-0.2, -0.15) is 0 Å². The molecule has 1 amide bonds. The van der Waals surface area contributed by atoms with Crippen molar-refractivity contribution in [1.82, 2.24) is 15.6 Å². The third kappa shape index (κ3) is 4.53. The average Bonchev–Trinajstić information content (AvgIpc) is 2.30. The maximum absolute atomic E-state index is 11.9. The van der Waals surface area contributed by atoms with Gasteiger partial charge in [-0.1, -0.05) is 13.0 Å². The zero-order chi connectivity index (χ0) is 12.7. The molecule has 0 bridgehead atoms. The molecule has 0 unspecified atom stereocenters. The number of carbonyl (C=O) groups excluding carboxylic acids is 1. The molecule has 0 aliphatic heterocycles. The lowest BCUT2D eigenvalue weighted by Gasteiger charge is -2.24. The first-order chi connectivity index (χ1) is 8.06. The Hall–Kier alpha value is -1.42. The third-order valence-corrected chi connectivity index (χ3v) is 2.58. The summed E-state index contributed by atoms with van der Waals surface area (Å²) in [6.45, 7) is 7.15. The largest absolute Gasteiger partial charge is 0.354 e. The van der Waals surface area contributed by atoms with Crippen LogP contribution >= 0.6 is 0 Å². The summed E-state index contributed by atoms with van der Waals surface area (Å²) in [6, 6.07) is 5.80. The Kier molecular flexibility index (Phi) is 5.10. The quantitative estimate of drug-likeness (QED) is 0.777. The highest BCUT2D eigenvalue weighted by molar-refractivity contribution is 5.85. The van der Waals surface area contributed by atoms with E-state index >= 15 is 0 Å². The Labute approximate surface area is 103 Å². The normalized spacial score (nSPS) is 11.2. The molecule has 4 nitrogen and oxygen atoms in total. The van der Waals surface area contributed by atoms with E-state index in [-0.39, 0.29) is 5.91 Å². The molecule has 0 aromatic carbocycles. The Bertz CT molecular complexity index is 349. The lowest BCUT2D eigenvalue weighted by Crippen LogP contribution is -2.52. The van der Waals surface area contributed by atoms with Gasteiger partial charge >= 0.3 is 0 Å². The molecule has 0 saturated heterocycles. The number of likely N-dealkylation sites (N-methyl/N-ethyl adjacent to an activating group) is 1. The molecule has 17 heavy (non-hydrogen) atoms. The molecule has 0 fully saturated rings. The molecule has 1 heterocycles. The first kappa shape index (κ1) is 13.6. The van der Waals surface area contributed by atoms with Gasteiger partial charge in [0.15, 0.2) is 0 Å². The number of pyridine rings is 1. The van der Waals surface area contributed by atoms with E-state index in [0.29, 0.717) is 6.54 Å². The molecule has 1 aromatic heterocycles. The molecule has 4 heteroatoms. The van der Waals surface area contributed by atoms with Crippen molar-refractivity contribution in [2.45, 2.75) is 32.7 Å². The topological polar surface area (TPSA) is 54.0 Å². The minimum Gasteiger partial charge on any atom is -0.354 e. The Morgan fingerprint density at radius 2 is 2.18 bits per heavy atom. The van der Waals surface area contributed by atoms with Crippen molar-refractivity contribution in [1.29, 1.82) is 0 Å². The highest BCUT2D eigenvalue weighted by Gasteiger charge is 2.25. The van der Waals surface area contributed by atoms with Crippen molar-refractivity contribution in [2.75, 3.05) is 13.1 Å². The smallest absolute Gasteiger partial charge is 0.239 e. The van der Waals surface area contributed by atoms with Crippen LogP contribution in [0.1, 0.15) is 26.5 Å². The molecular formula is C13H21N3O. The molecule has 0 spiro atoms. The fourth-order valence-corrected chi connectivity index (χ4v) is 1.59. The van der Waals surface area contributed by atoms with Gasteiger partial charge in [0, 0.05) is 24.9 Å². The molecule has 0 atom stereocenters. The van der Waals surface area contributed by atoms with E-state index < -0.39 is 5.54 Å². The zero-order valence-electron chi connectivity index (χ0n) is 10.8. The predicted molar refractivity (Wildman–Crippen MR) is 68.7 cm³/mol. The van der Waals surface area contributed by atoms with Crippen LogP contribution in [0.25, 0.3) is 0 Å². The molecule has 94 valence electrons. The first-order valence-corrected chi connectivity index (χ1v) is 5.99. The highest BCUT2D eigenvalue weighted by Crippen LogP contribution is 2.01. The van der Waals surface area contributed by atoms with Crippen LogP contribution in [0.2, 0.25) is 0 Å². The molecular weight excluding hydrogens is 214 g/mol. The third-order valence-electron chi connectivity index (χ3n) is 2.58. The Balaban J connectivity index is 2.34. The number of carbonyl (C=O) groups is 1. The second kappa shape index (κ2) is 6.35. The molecule has 1 rings (SSSR count). The van der Waals surface area contributed by atoms with Gasteiger partial charge in [0.05, 0.1) is 5.54 Å². The summed E-state index contributed by atoms with van der Waals surface area (Å²) in [5.74, 6) is 0.0234. The van der Waals surface area contributed by atoms with Crippen LogP contribution < -0.4 is 10.6 Å². The molecule has 0 saturated carbocycles. The van der Waals surface area contributed by atoms with Gasteiger partial charge in [-0.25, -0.2) is 0 Å². The summed E-state index contributed by atoms with van der Waals surface area (Å²) in [5.41, 5.74) is 0.479. The fourth-order valence-electron chi connectivity index (χ4n) is 1.59. The number of nitrogens with one attached hydrogen (secondary N) is 2. The van der Waals surface area contributed by atoms with Crippen LogP contribution in [0, 0.1) is 0 Å². The summed E-state index contributed by atoms with van der Waals surface area (Å²) in [7, 11) is 0. The lowest BCUT2D eigenvalue weighted by molar-refractivity contribution is -0.126. The number of nitrogens with zero attached hydrogens (tertiary/aromatic N) is 1. The summed E-state index contributed by atoms with van der Waals surface area (Å²) in [4.78, 5) is 16.1. The Morgan fingerprint density at radius 1 is 1.41 bits per heavy atom. The van der Waals surface area contributed by atoms with Crippen LogP contribution in [0.3, 0.4) is 0 Å². The van der Waals surface area contributed by atoms with Gasteiger partial charge in [-0.3, -0.25) is 9.78 Å². The second-order valence-corrected chi connectivity index (χ2v) is 4.48. The van der Waals surface area contributed by atoms with Crippen molar-refractivity contribution >= 4 is 5.91 Å². The molecule has 2 N–H and O–H groups in total. The number of rotatable bonds is 6. The number of hydrogen-bond acceptors (Lipinski definition) is 3. The minimum atomic E-state index is -0.515. The first-order valence-electron chi connectivity index (χ1n) is 5.99. The van der Waals surface area contributed by atoms with Crippen molar-refractivity contribution < 1.29 is 4.79 Å². The number of hydrogen-bond donors (Lipinski definition) is 2. The highest BCUT2D eigenvalue weighted by atomic mass is 16.2. The summed E-state index contributed by atoms with van der Waals surface area (Å²) < 4.78 is 0. The number of aromatic nitrogens is 1. The minimum absolute atomic E-state index is 0.0234. The van der Waals surface area contributed by atoms with Gasteiger partial charge in [-0.15, -0.1) is 0 Å². The lowest BCUT2D eigenvalue weighted by atomic mass is 10.0. The van der Waals surface area contributed by atoms with E-state index in [2.05, 4.69) is 15.6 Å². The van der Waals surface area contributed by atoms with Crippen molar-refractivity contribution in [3.05, 3.63) is 30.1 Å². The predicted octanol–water partition coefficient (Wildman–Crippen LogP) is 1.13. The van der Waals surface area contributed by atoms with Gasteiger partial charge in [0.1, 0.15) is 0 Å². The van der Waals surface area contributed by atoms with Crippen LogP contribution in [-0.4, -0.2) is 29.5 Å². The SMILES string of the molecule is CCNC(C)(C)C(=O)NCCc1ccccn1. The standard InChI is InChI=1S/C13H21N3O/c1-4-16-13(2,3)12(17)15-10-8-11-7-5-6-9-14-11/h5-7,9,16H,4,8,10H2,1-3H3,(H,15,17). The van der Waals surface area contributed by atoms with Gasteiger partial charge in [0.25, 0.3) is 0 Å². The molecule has 0 radical (unpaired) electrons. The van der Waals surface area contributed by atoms with Crippen molar-refractivity contribution in [3.8, 4) is 0 Å². The zero-order valence-corrected chi connectivity index (χ0v) is 10.8.